The number of carbonyl (C=O) groups excluding carboxylic acids is 2. The van der Waals surface area contributed by atoms with Crippen LogP contribution in [0.2, 0.25) is 0 Å². The van der Waals surface area contributed by atoms with Crippen molar-refractivity contribution < 1.29 is 24.5 Å². The lowest BCUT2D eigenvalue weighted by atomic mass is 10.0. The number of hydrogen-bond donors (Lipinski definition) is 3. The van der Waals surface area contributed by atoms with Crippen LogP contribution in [0.25, 0.3) is 0 Å². The predicted molar refractivity (Wildman–Crippen MR) is 329 cm³/mol. The Morgan fingerprint density at radius 2 is 0.627 bits per heavy atom. The maximum absolute atomic E-state index is 12.5. The number of aliphatic hydroxyl groups is 2. The third kappa shape index (κ3) is 61.7. The molecule has 0 spiro atoms. The van der Waals surface area contributed by atoms with Gasteiger partial charge in [0.2, 0.25) is 5.91 Å². The molecule has 0 heterocycles. The molecule has 75 heavy (non-hydrogen) atoms. The van der Waals surface area contributed by atoms with Gasteiger partial charge < -0.3 is 20.3 Å². The summed E-state index contributed by atoms with van der Waals surface area (Å²) in [7, 11) is 0. The summed E-state index contributed by atoms with van der Waals surface area (Å²) in [4.78, 5) is 24.6. The van der Waals surface area contributed by atoms with E-state index >= 15 is 0 Å². The number of nitrogens with one attached hydrogen (secondary N) is 1. The second-order valence-corrected chi connectivity index (χ2v) is 23.9. The van der Waals surface area contributed by atoms with Gasteiger partial charge in [-0.3, -0.25) is 9.59 Å². The molecule has 2 atom stereocenters. The molecule has 0 aliphatic heterocycles. The van der Waals surface area contributed by atoms with Crippen molar-refractivity contribution in [2.75, 3.05) is 13.2 Å². The van der Waals surface area contributed by atoms with E-state index in [1.807, 2.05) is 0 Å². The van der Waals surface area contributed by atoms with E-state index in [1.165, 1.54) is 321 Å². The molecule has 0 aromatic rings. The van der Waals surface area contributed by atoms with Gasteiger partial charge in [-0.25, -0.2) is 0 Å². The number of esters is 1. The van der Waals surface area contributed by atoms with Crippen LogP contribution in [0, 0.1) is 0 Å². The van der Waals surface area contributed by atoms with Crippen molar-refractivity contribution in [1.29, 1.82) is 0 Å². The molecule has 0 fully saturated rings. The Bertz CT molecular complexity index is 1130. The van der Waals surface area contributed by atoms with Crippen molar-refractivity contribution in [3.05, 3.63) is 12.2 Å². The summed E-state index contributed by atoms with van der Waals surface area (Å²) in [5, 5.41) is 23.3. The highest BCUT2D eigenvalue weighted by molar-refractivity contribution is 5.76. The zero-order chi connectivity index (χ0) is 54.3. The predicted octanol–water partition coefficient (Wildman–Crippen LogP) is 22.0. The van der Waals surface area contributed by atoms with Crippen molar-refractivity contribution >= 4 is 11.9 Å². The lowest BCUT2D eigenvalue weighted by molar-refractivity contribution is -0.143. The van der Waals surface area contributed by atoms with Crippen molar-refractivity contribution in [3.8, 4) is 0 Å². The standard InChI is InChI=1S/C69H135NO5/c1-3-5-7-9-11-13-15-17-19-21-31-35-39-43-47-51-55-59-63-69(74)75-64-60-56-52-48-44-40-36-32-28-26-24-22-23-25-27-30-34-38-42-46-50-54-58-62-68(73)70-66(65-71)67(72)61-57-53-49-45-41-37-33-29-20-18-16-14-12-10-8-6-4-2/h25,27,66-67,71-72H,3-24,26,28-65H2,1-2H3,(H,70,73)/b27-25-. The van der Waals surface area contributed by atoms with E-state index in [1.54, 1.807) is 0 Å². The Kier molecular flexibility index (Phi) is 63.9. The third-order valence-corrected chi connectivity index (χ3v) is 16.3. The van der Waals surface area contributed by atoms with Crippen LogP contribution in [0.5, 0.6) is 0 Å². The van der Waals surface area contributed by atoms with Gasteiger partial charge in [0, 0.05) is 12.8 Å². The summed E-state index contributed by atoms with van der Waals surface area (Å²) in [5.41, 5.74) is 0. The minimum atomic E-state index is -0.668. The average Bonchev–Trinajstić information content (AvgIpc) is 3.41. The second-order valence-electron chi connectivity index (χ2n) is 23.9. The van der Waals surface area contributed by atoms with Crippen LogP contribution in [-0.2, 0) is 14.3 Å². The SMILES string of the molecule is CCCCCCCCCCCCCCCCCCCCC(=O)OCCCCCCCCCCCCCC/C=C\CCCCCCCCCC(=O)NC(CO)C(O)CCCCCCCCCCCCCCCCCCC. The van der Waals surface area contributed by atoms with Crippen molar-refractivity contribution in [1.82, 2.24) is 5.32 Å². The average molecular weight is 1060 g/mol. The van der Waals surface area contributed by atoms with Crippen LogP contribution in [0.4, 0.5) is 0 Å². The Morgan fingerprint density at radius 1 is 0.360 bits per heavy atom. The molecule has 0 aliphatic carbocycles. The lowest BCUT2D eigenvalue weighted by Crippen LogP contribution is -2.45. The summed E-state index contributed by atoms with van der Waals surface area (Å²) in [5.74, 6) is -0.0206. The maximum Gasteiger partial charge on any atom is 0.305 e. The van der Waals surface area contributed by atoms with Gasteiger partial charge >= 0.3 is 5.97 Å². The normalized spacial score (nSPS) is 12.5. The van der Waals surface area contributed by atoms with Crippen LogP contribution in [0.1, 0.15) is 393 Å². The second kappa shape index (κ2) is 65.1. The molecule has 0 aliphatic rings. The zero-order valence-electron chi connectivity index (χ0n) is 51.1. The maximum atomic E-state index is 12.5. The number of unbranched alkanes of at least 4 members (excludes halogenated alkanes) is 52. The van der Waals surface area contributed by atoms with Crippen molar-refractivity contribution in [2.45, 2.75) is 405 Å². The number of hydrogen-bond acceptors (Lipinski definition) is 5. The first-order valence-electron chi connectivity index (χ1n) is 34.4. The van der Waals surface area contributed by atoms with E-state index in [4.69, 9.17) is 4.74 Å². The minimum absolute atomic E-state index is 0.0170. The fourth-order valence-electron chi connectivity index (χ4n) is 11.1. The molecule has 0 aromatic heterocycles. The van der Waals surface area contributed by atoms with Gasteiger partial charge in [-0.1, -0.05) is 341 Å². The molecule has 0 saturated carbocycles. The number of carbonyl (C=O) groups is 2. The first kappa shape index (κ1) is 73.6. The van der Waals surface area contributed by atoms with Gasteiger partial charge in [-0.05, 0) is 51.4 Å². The van der Waals surface area contributed by atoms with Gasteiger partial charge in [-0.15, -0.1) is 0 Å². The molecule has 0 aromatic carbocycles. The molecule has 6 heteroatoms. The van der Waals surface area contributed by atoms with Crippen molar-refractivity contribution in [2.24, 2.45) is 0 Å². The molecule has 0 saturated heterocycles. The van der Waals surface area contributed by atoms with Crippen LogP contribution < -0.4 is 5.32 Å². The van der Waals surface area contributed by atoms with E-state index in [0.717, 1.165) is 38.5 Å². The van der Waals surface area contributed by atoms with E-state index in [-0.39, 0.29) is 18.5 Å². The highest BCUT2D eigenvalue weighted by Crippen LogP contribution is 2.19. The molecule has 3 N–H and O–H groups in total. The van der Waals surface area contributed by atoms with E-state index in [0.29, 0.717) is 25.9 Å². The Balaban J connectivity index is 3.38. The van der Waals surface area contributed by atoms with Crippen LogP contribution in [-0.4, -0.2) is 47.4 Å². The summed E-state index contributed by atoms with van der Waals surface area (Å²) in [6, 6.07) is -0.546. The van der Waals surface area contributed by atoms with Gasteiger partial charge in [0.25, 0.3) is 0 Å². The summed E-state index contributed by atoms with van der Waals surface area (Å²) in [6.07, 6.45) is 79.6. The Morgan fingerprint density at radius 3 is 0.947 bits per heavy atom. The number of aliphatic hydroxyl groups excluding tert-OH is 2. The Hall–Kier alpha value is -1.40. The molecular weight excluding hydrogens is 923 g/mol. The van der Waals surface area contributed by atoms with Crippen LogP contribution in [0.15, 0.2) is 12.2 Å². The smallest absolute Gasteiger partial charge is 0.305 e. The first-order valence-corrected chi connectivity index (χ1v) is 34.4. The van der Waals surface area contributed by atoms with Crippen LogP contribution >= 0.6 is 0 Å². The quantitative estimate of drug-likeness (QED) is 0.0320. The number of allylic oxidation sites excluding steroid dienone is 2. The molecular formula is C69H135NO5. The minimum Gasteiger partial charge on any atom is -0.466 e. The largest absolute Gasteiger partial charge is 0.466 e. The molecule has 446 valence electrons. The van der Waals surface area contributed by atoms with E-state index in [9.17, 15) is 19.8 Å². The lowest BCUT2D eigenvalue weighted by Gasteiger charge is -2.22. The summed E-state index contributed by atoms with van der Waals surface area (Å²) in [6.45, 7) is 4.99. The zero-order valence-corrected chi connectivity index (χ0v) is 51.1. The topological polar surface area (TPSA) is 95.9 Å². The van der Waals surface area contributed by atoms with Crippen molar-refractivity contribution in [3.63, 3.8) is 0 Å². The van der Waals surface area contributed by atoms with Gasteiger partial charge in [0.15, 0.2) is 0 Å². The molecule has 2 unspecified atom stereocenters. The third-order valence-electron chi connectivity index (χ3n) is 16.3. The number of amides is 1. The van der Waals surface area contributed by atoms with Gasteiger partial charge in [0.05, 0.1) is 25.4 Å². The molecule has 0 rings (SSSR count). The molecule has 0 bridgehead atoms. The van der Waals surface area contributed by atoms with Crippen LogP contribution in [0.3, 0.4) is 0 Å². The summed E-state index contributed by atoms with van der Waals surface area (Å²) < 4.78 is 5.51. The molecule has 1 amide bonds. The Labute approximate surface area is 469 Å². The summed E-state index contributed by atoms with van der Waals surface area (Å²) >= 11 is 0. The fourth-order valence-corrected chi connectivity index (χ4v) is 11.1. The van der Waals surface area contributed by atoms with E-state index in [2.05, 4.69) is 31.3 Å². The molecule has 0 radical (unpaired) electrons. The fraction of sp³-hybridized carbons (Fsp3) is 0.942. The van der Waals surface area contributed by atoms with E-state index < -0.39 is 12.1 Å². The number of ether oxygens (including phenoxy) is 1. The molecule has 6 nitrogen and oxygen atoms in total. The number of rotatable bonds is 65. The highest BCUT2D eigenvalue weighted by Gasteiger charge is 2.20. The monoisotopic (exact) mass is 1060 g/mol. The first-order chi connectivity index (χ1) is 37.0. The van der Waals surface area contributed by atoms with Gasteiger partial charge in [0.1, 0.15) is 0 Å². The van der Waals surface area contributed by atoms with Gasteiger partial charge in [-0.2, -0.15) is 0 Å². The highest BCUT2D eigenvalue weighted by atomic mass is 16.5.